The molecule has 11 rings (SSSR count). The van der Waals surface area contributed by atoms with Crippen molar-refractivity contribution in [3.8, 4) is 0 Å². The molecule has 0 saturated heterocycles. The molecular formula is C36H16. The SMILES string of the molecule is c1cc2ccc3cc4ccc5ccc6cc7ccc8cccc9c8c7c7c6c5c4c4c3c2c(c1)c9c47. The second-order valence-corrected chi connectivity index (χ2v) is 10.8. The summed E-state index contributed by atoms with van der Waals surface area (Å²) in [5.41, 5.74) is 0. The van der Waals surface area contributed by atoms with Gasteiger partial charge in [0.25, 0.3) is 0 Å². The predicted molar refractivity (Wildman–Crippen MR) is 157 cm³/mol. The first-order valence-electron chi connectivity index (χ1n) is 12.8. The van der Waals surface area contributed by atoms with Crippen LogP contribution in [0.1, 0.15) is 0 Å². The number of hydrogen-bond acceptors (Lipinski definition) is 0. The molecule has 0 bridgehead atoms. The molecule has 160 valence electrons. The molecule has 0 heterocycles. The second-order valence-electron chi connectivity index (χ2n) is 10.8. The normalized spacial score (nSPS) is 13.6. The fourth-order valence-electron chi connectivity index (χ4n) is 8.09. The zero-order valence-electron chi connectivity index (χ0n) is 19.2. The van der Waals surface area contributed by atoms with Crippen molar-refractivity contribution in [1.82, 2.24) is 0 Å². The van der Waals surface area contributed by atoms with E-state index in [4.69, 9.17) is 0 Å². The minimum atomic E-state index is 1.34. The summed E-state index contributed by atoms with van der Waals surface area (Å²) in [7, 11) is 0. The molecular weight excluding hydrogens is 432 g/mol. The van der Waals surface area contributed by atoms with Crippen LogP contribution in [0.3, 0.4) is 0 Å². The van der Waals surface area contributed by atoms with Gasteiger partial charge in [-0.2, -0.15) is 0 Å². The van der Waals surface area contributed by atoms with Crippen molar-refractivity contribution in [2.24, 2.45) is 0 Å². The van der Waals surface area contributed by atoms with Gasteiger partial charge in [-0.25, -0.2) is 0 Å². The molecule has 0 atom stereocenters. The van der Waals surface area contributed by atoms with Gasteiger partial charge in [0.15, 0.2) is 0 Å². The monoisotopic (exact) mass is 448 g/mol. The Bertz CT molecular complexity index is 2490. The first kappa shape index (κ1) is 16.9. The lowest BCUT2D eigenvalue weighted by molar-refractivity contribution is 1.81. The van der Waals surface area contributed by atoms with Gasteiger partial charge in [0.1, 0.15) is 0 Å². The maximum absolute atomic E-state index is 2.43. The number of fused-ring (bicyclic) bond motifs is 2. The predicted octanol–water partition coefficient (Wildman–Crippen LogP) is 10.4. The van der Waals surface area contributed by atoms with E-state index in [1.807, 2.05) is 0 Å². The van der Waals surface area contributed by atoms with Gasteiger partial charge in [0.05, 0.1) is 0 Å². The highest BCUT2D eigenvalue weighted by molar-refractivity contribution is 6.55. The molecule has 0 aliphatic heterocycles. The minimum Gasteiger partial charge on any atom is -0.0610 e. The Morgan fingerprint density at radius 3 is 1.03 bits per heavy atom. The number of rotatable bonds is 0. The summed E-state index contributed by atoms with van der Waals surface area (Å²) in [6, 6.07) is 37.3. The lowest BCUT2D eigenvalue weighted by Gasteiger charge is -2.26. The van der Waals surface area contributed by atoms with Crippen molar-refractivity contribution >= 4 is 108 Å². The first-order chi connectivity index (χ1) is 17.9. The van der Waals surface area contributed by atoms with Crippen molar-refractivity contribution in [3.63, 3.8) is 0 Å². The third-order valence-corrected chi connectivity index (χ3v) is 9.32. The van der Waals surface area contributed by atoms with E-state index in [0.717, 1.165) is 0 Å². The summed E-state index contributed by atoms with van der Waals surface area (Å²) in [4.78, 5) is 0. The topological polar surface area (TPSA) is 0 Å². The van der Waals surface area contributed by atoms with Gasteiger partial charge in [-0.3, -0.25) is 0 Å². The molecule has 0 unspecified atom stereocenters. The van der Waals surface area contributed by atoms with E-state index in [1.54, 1.807) is 0 Å². The quantitative estimate of drug-likeness (QED) is 0.160. The summed E-state index contributed by atoms with van der Waals surface area (Å²) >= 11 is 0. The molecule has 0 heteroatoms. The zero-order chi connectivity index (χ0) is 22.9. The Morgan fingerprint density at radius 1 is 0.222 bits per heavy atom. The van der Waals surface area contributed by atoms with Gasteiger partial charge >= 0.3 is 0 Å². The molecule has 0 fully saturated rings. The molecule has 0 amide bonds. The van der Waals surface area contributed by atoms with Crippen LogP contribution in [-0.2, 0) is 0 Å². The summed E-state index contributed by atoms with van der Waals surface area (Å²) in [6.07, 6.45) is 0. The molecule has 0 N–H and O–H groups in total. The lowest BCUT2D eigenvalue weighted by Crippen LogP contribution is -1.97. The van der Waals surface area contributed by atoms with Crippen LogP contribution in [0.5, 0.6) is 0 Å². The van der Waals surface area contributed by atoms with Gasteiger partial charge in [-0.05, 0) is 120 Å². The standard InChI is InChI=1S/C36H16/c1-3-17-7-11-20-15-22-13-9-19-10-14-23-16-21-12-8-18-4-2-6-25-27(18)30(21)35-32(23)28(19)31(22)34-29(20)26(17)24(5-1)33(25)36(34)35/h1-16H. The highest BCUT2D eigenvalue weighted by Crippen LogP contribution is 2.55. The van der Waals surface area contributed by atoms with Crippen LogP contribution in [-0.4, -0.2) is 0 Å². The average Bonchev–Trinajstić information content (AvgIpc) is 2.93. The number of benzene rings is 11. The van der Waals surface area contributed by atoms with Gasteiger partial charge in [-0.15, -0.1) is 0 Å². The summed E-state index contributed by atoms with van der Waals surface area (Å²) < 4.78 is 0. The van der Waals surface area contributed by atoms with Crippen LogP contribution in [0, 0.1) is 0 Å². The lowest BCUT2D eigenvalue weighted by atomic mass is 9.76. The maximum atomic E-state index is 2.43. The van der Waals surface area contributed by atoms with Gasteiger partial charge in [0, 0.05) is 0 Å². The summed E-state index contributed by atoms with van der Waals surface area (Å²) in [5, 5.41) is 28.1. The van der Waals surface area contributed by atoms with E-state index in [0.29, 0.717) is 0 Å². The van der Waals surface area contributed by atoms with Crippen LogP contribution < -0.4 is 0 Å². The third-order valence-electron chi connectivity index (χ3n) is 9.32. The largest absolute Gasteiger partial charge is 0.0610 e. The maximum Gasteiger partial charge on any atom is -0.0000483 e. The molecule has 0 radical (unpaired) electrons. The van der Waals surface area contributed by atoms with Gasteiger partial charge in [-0.1, -0.05) is 84.9 Å². The molecule has 11 aromatic rings. The summed E-state index contributed by atoms with van der Waals surface area (Å²) in [5.74, 6) is 0. The van der Waals surface area contributed by atoms with Crippen LogP contribution in [0.15, 0.2) is 97.1 Å². The van der Waals surface area contributed by atoms with E-state index in [2.05, 4.69) is 97.1 Å². The third kappa shape index (κ3) is 1.55. The fraction of sp³-hybridized carbons (Fsp3) is 0. The Hall–Kier alpha value is -4.68. The van der Waals surface area contributed by atoms with E-state index in [1.165, 1.54) is 108 Å². The Labute approximate surface area is 204 Å². The second kappa shape index (κ2) is 5.12. The van der Waals surface area contributed by atoms with Crippen LogP contribution in [0.2, 0.25) is 0 Å². The molecule has 0 nitrogen and oxygen atoms in total. The van der Waals surface area contributed by atoms with Gasteiger partial charge < -0.3 is 0 Å². The molecule has 0 aromatic heterocycles. The van der Waals surface area contributed by atoms with E-state index >= 15 is 0 Å². The molecule has 0 spiro atoms. The Balaban J connectivity index is 1.75. The highest BCUT2D eigenvalue weighted by Gasteiger charge is 2.26. The van der Waals surface area contributed by atoms with Crippen LogP contribution in [0.4, 0.5) is 0 Å². The van der Waals surface area contributed by atoms with Crippen molar-refractivity contribution in [3.05, 3.63) is 97.1 Å². The van der Waals surface area contributed by atoms with Crippen LogP contribution >= 0.6 is 0 Å². The van der Waals surface area contributed by atoms with E-state index in [9.17, 15) is 0 Å². The van der Waals surface area contributed by atoms with Gasteiger partial charge in [0.2, 0.25) is 0 Å². The van der Waals surface area contributed by atoms with E-state index in [-0.39, 0.29) is 0 Å². The minimum absolute atomic E-state index is 1.34. The van der Waals surface area contributed by atoms with Crippen molar-refractivity contribution < 1.29 is 0 Å². The molecule has 36 heavy (non-hydrogen) atoms. The molecule has 0 aliphatic rings. The first-order valence-corrected chi connectivity index (χ1v) is 12.8. The van der Waals surface area contributed by atoms with Crippen LogP contribution in [0.25, 0.3) is 108 Å². The van der Waals surface area contributed by atoms with Crippen molar-refractivity contribution in [2.45, 2.75) is 0 Å². The highest BCUT2D eigenvalue weighted by atomic mass is 14.3. The van der Waals surface area contributed by atoms with Crippen molar-refractivity contribution in [1.29, 1.82) is 0 Å². The average molecular weight is 449 g/mol. The Morgan fingerprint density at radius 2 is 0.556 bits per heavy atom. The zero-order valence-corrected chi connectivity index (χ0v) is 19.2. The molecule has 11 aromatic carbocycles. The molecule has 0 saturated carbocycles. The molecule has 0 aliphatic carbocycles. The number of hydrogen-bond donors (Lipinski definition) is 0. The smallest absolute Gasteiger partial charge is 0.0000483 e. The van der Waals surface area contributed by atoms with Crippen molar-refractivity contribution in [2.75, 3.05) is 0 Å². The van der Waals surface area contributed by atoms with E-state index < -0.39 is 0 Å². The Kier molecular flexibility index (Phi) is 2.40. The fourth-order valence-corrected chi connectivity index (χ4v) is 8.09. The summed E-state index contributed by atoms with van der Waals surface area (Å²) in [6.45, 7) is 0.